The van der Waals surface area contributed by atoms with Gasteiger partial charge in [0.05, 0.1) is 36.5 Å². The minimum absolute atomic E-state index is 0.0301. The van der Waals surface area contributed by atoms with Gasteiger partial charge in [0.15, 0.2) is 11.3 Å². The molecule has 1 aromatic carbocycles. The first-order valence-corrected chi connectivity index (χ1v) is 14.3. The molecule has 3 aromatic heterocycles. The van der Waals surface area contributed by atoms with Crippen LogP contribution < -0.4 is 4.74 Å². The van der Waals surface area contributed by atoms with Gasteiger partial charge in [-0.2, -0.15) is 18.3 Å². The van der Waals surface area contributed by atoms with Crippen LogP contribution in [0.2, 0.25) is 0 Å². The summed E-state index contributed by atoms with van der Waals surface area (Å²) in [5, 5.41) is 14.1. The molecule has 1 saturated heterocycles. The number of rotatable bonds is 7. The lowest BCUT2D eigenvalue weighted by Crippen LogP contribution is -2.50. The molecule has 1 atom stereocenters. The Hall–Kier alpha value is -4.01. The highest BCUT2D eigenvalue weighted by Crippen LogP contribution is 2.37. The Morgan fingerprint density at radius 2 is 1.77 bits per heavy atom. The van der Waals surface area contributed by atoms with E-state index in [0.29, 0.717) is 33.8 Å². The average molecular weight is 617 g/mol. The number of methoxy groups -OCH3 is 1. The van der Waals surface area contributed by atoms with Crippen LogP contribution in [0.1, 0.15) is 42.2 Å². The number of carbonyl (C=O) groups is 2. The maximum atomic E-state index is 14.3. The Morgan fingerprint density at radius 1 is 1.09 bits per heavy atom. The molecule has 1 fully saturated rings. The number of aliphatic hydroxyl groups is 1. The molecule has 10 nitrogen and oxygen atoms in total. The Morgan fingerprint density at radius 3 is 2.35 bits per heavy atom. The lowest BCUT2D eigenvalue weighted by atomic mass is 10.0. The molecule has 228 valence electrons. The van der Waals surface area contributed by atoms with Crippen LogP contribution in [0.25, 0.3) is 16.9 Å². The number of aliphatic hydroxyl groups excluding tert-OH is 1. The van der Waals surface area contributed by atoms with E-state index in [1.165, 1.54) is 30.3 Å². The number of piperazine rings is 1. The molecule has 1 aliphatic rings. The van der Waals surface area contributed by atoms with Crippen LogP contribution in [0, 0.1) is 6.92 Å². The van der Waals surface area contributed by atoms with E-state index < -0.39 is 17.8 Å². The van der Waals surface area contributed by atoms with Crippen LogP contribution in [-0.4, -0.2) is 100 Å². The van der Waals surface area contributed by atoms with Crippen molar-refractivity contribution in [2.75, 3.05) is 54.0 Å². The largest absolute Gasteiger partial charge is 0.497 e. The Bertz CT molecular complexity index is 1640. The Labute approximate surface area is 249 Å². The van der Waals surface area contributed by atoms with Gasteiger partial charge in [-0.05, 0) is 43.3 Å². The molecule has 0 bridgehead atoms. The van der Waals surface area contributed by atoms with Gasteiger partial charge in [-0.25, -0.2) is 9.50 Å². The van der Waals surface area contributed by atoms with Gasteiger partial charge < -0.3 is 19.6 Å². The van der Waals surface area contributed by atoms with Gasteiger partial charge >= 0.3 is 6.18 Å². The number of aromatic nitrogens is 3. The summed E-state index contributed by atoms with van der Waals surface area (Å²) in [7, 11) is 4.84. The van der Waals surface area contributed by atoms with E-state index in [1.54, 1.807) is 49.3 Å². The van der Waals surface area contributed by atoms with Crippen molar-refractivity contribution in [2.24, 2.45) is 0 Å². The van der Waals surface area contributed by atoms with E-state index >= 15 is 0 Å². The van der Waals surface area contributed by atoms with Crippen LogP contribution in [0.4, 0.5) is 13.2 Å². The third-order valence-electron chi connectivity index (χ3n) is 7.53. The minimum Gasteiger partial charge on any atom is -0.497 e. The van der Waals surface area contributed by atoms with Crippen molar-refractivity contribution < 1.29 is 32.6 Å². The fourth-order valence-corrected chi connectivity index (χ4v) is 6.40. The standard InChI is InChI=1S/C29H31F3N6O4S/c1-17-24(18-5-7-19(42-4)8-6-18)34-26-20(15-33-38(26)25(17)29(30,31)32)27(40)37-13-11-36(12-14-37)21(16-39)22-9-10-23(43-22)28(41)35(2)3/h5-10,15,21,39H,11-14,16H2,1-4H3/t21-/m0/s1. The Balaban J connectivity index is 1.41. The van der Waals surface area contributed by atoms with Crippen molar-refractivity contribution in [3.8, 4) is 17.0 Å². The average Bonchev–Trinajstić information content (AvgIpc) is 3.64. The number of benzene rings is 1. The predicted octanol–water partition coefficient (Wildman–Crippen LogP) is 3.99. The number of fused-ring (bicyclic) bond motifs is 1. The fraction of sp³-hybridized carbons (Fsp3) is 0.379. The second-order valence-electron chi connectivity index (χ2n) is 10.4. The number of ether oxygens (including phenoxy) is 1. The van der Waals surface area contributed by atoms with E-state index in [4.69, 9.17) is 4.74 Å². The first kappa shape index (κ1) is 30.4. The highest BCUT2D eigenvalue weighted by Gasteiger charge is 2.39. The summed E-state index contributed by atoms with van der Waals surface area (Å²) >= 11 is 1.32. The van der Waals surface area contributed by atoms with Gasteiger partial charge in [0.2, 0.25) is 0 Å². The molecule has 43 heavy (non-hydrogen) atoms. The smallest absolute Gasteiger partial charge is 0.433 e. The van der Waals surface area contributed by atoms with Crippen molar-refractivity contribution in [1.82, 2.24) is 29.3 Å². The maximum Gasteiger partial charge on any atom is 0.433 e. The first-order chi connectivity index (χ1) is 20.4. The molecular formula is C29H31F3N6O4S. The molecule has 4 aromatic rings. The molecule has 14 heteroatoms. The van der Waals surface area contributed by atoms with Crippen molar-refractivity contribution in [3.63, 3.8) is 0 Å². The molecule has 0 aliphatic carbocycles. The van der Waals surface area contributed by atoms with Crippen LogP contribution in [0.3, 0.4) is 0 Å². The van der Waals surface area contributed by atoms with Crippen LogP contribution in [-0.2, 0) is 6.18 Å². The van der Waals surface area contributed by atoms with Crippen LogP contribution in [0.5, 0.6) is 5.75 Å². The summed E-state index contributed by atoms with van der Waals surface area (Å²) in [6.07, 6.45) is -3.61. The second-order valence-corrected chi connectivity index (χ2v) is 11.5. The molecule has 1 aliphatic heterocycles. The number of hydrogen-bond acceptors (Lipinski definition) is 8. The highest BCUT2D eigenvalue weighted by atomic mass is 32.1. The number of hydrogen-bond donors (Lipinski definition) is 1. The fourth-order valence-electron chi connectivity index (χ4n) is 5.25. The monoisotopic (exact) mass is 616 g/mol. The number of amides is 2. The lowest BCUT2D eigenvalue weighted by molar-refractivity contribution is -0.143. The molecular weight excluding hydrogens is 585 g/mol. The number of nitrogens with zero attached hydrogens (tertiary/aromatic N) is 6. The third kappa shape index (κ3) is 5.82. The van der Waals surface area contributed by atoms with Crippen LogP contribution in [0.15, 0.2) is 42.6 Å². The zero-order chi connectivity index (χ0) is 31.1. The normalized spacial score (nSPS) is 15.1. The van der Waals surface area contributed by atoms with Gasteiger partial charge in [0, 0.05) is 56.3 Å². The highest BCUT2D eigenvalue weighted by molar-refractivity contribution is 7.14. The zero-order valence-corrected chi connectivity index (χ0v) is 24.9. The number of halogens is 3. The van der Waals surface area contributed by atoms with E-state index in [0.717, 1.165) is 11.1 Å². The molecule has 0 unspecified atom stereocenters. The van der Waals surface area contributed by atoms with Crippen LogP contribution >= 0.6 is 11.3 Å². The number of alkyl halides is 3. The first-order valence-electron chi connectivity index (χ1n) is 13.5. The van der Waals surface area contributed by atoms with Crippen molar-refractivity contribution in [2.45, 2.75) is 19.1 Å². The molecule has 2 amide bonds. The molecule has 4 heterocycles. The van der Waals surface area contributed by atoms with Gasteiger partial charge in [-0.15, -0.1) is 11.3 Å². The molecule has 5 rings (SSSR count). The van der Waals surface area contributed by atoms with E-state index in [-0.39, 0.29) is 54.1 Å². The summed E-state index contributed by atoms with van der Waals surface area (Å²) in [5.41, 5.74) is -0.783. The van der Waals surface area contributed by atoms with E-state index in [9.17, 15) is 27.9 Å². The number of carbonyl (C=O) groups excluding carboxylic acids is 2. The zero-order valence-electron chi connectivity index (χ0n) is 24.1. The molecule has 0 spiro atoms. The lowest BCUT2D eigenvalue weighted by Gasteiger charge is -2.38. The van der Waals surface area contributed by atoms with E-state index in [1.807, 2.05) is 11.0 Å². The predicted molar refractivity (Wildman–Crippen MR) is 154 cm³/mol. The van der Waals surface area contributed by atoms with Gasteiger partial charge in [-0.1, -0.05) is 0 Å². The maximum absolute atomic E-state index is 14.3. The minimum atomic E-state index is -4.75. The molecule has 1 N–H and O–H groups in total. The summed E-state index contributed by atoms with van der Waals surface area (Å²) in [4.78, 5) is 36.9. The van der Waals surface area contributed by atoms with Crippen molar-refractivity contribution in [3.05, 3.63) is 69.2 Å². The second kappa shape index (κ2) is 11.9. The summed E-state index contributed by atoms with van der Waals surface area (Å²) in [5.74, 6) is -0.0531. The third-order valence-corrected chi connectivity index (χ3v) is 8.71. The van der Waals surface area contributed by atoms with Gasteiger partial charge in [0.25, 0.3) is 11.8 Å². The Kier molecular flexibility index (Phi) is 8.45. The van der Waals surface area contributed by atoms with E-state index in [2.05, 4.69) is 10.1 Å². The molecule has 0 saturated carbocycles. The van der Waals surface area contributed by atoms with Gasteiger partial charge in [0.1, 0.15) is 11.3 Å². The van der Waals surface area contributed by atoms with Crippen molar-refractivity contribution in [1.29, 1.82) is 0 Å². The summed E-state index contributed by atoms with van der Waals surface area (Å²) < 4.78 is 48.7. The quantitative estimate of drug-likeness (QED) is 0.335. The van der Waals surface area contributed by atoms with Crippen molar-refractivity contribution >= 4 is 28.8 Å². The summed E-state index contributed by atoms with van der Waals surface area (Å²) in [6, 6.07) is 9.71. The number of thiophene rings is 1. The van der Waals surface area contributed by atoms with Gasteiger partial charge in [-0.3, -0.25) is 14.5 Å². The summed E-state index contributed by atoms with van der Waals surface area (Å²) in [6.45, 7) is 2.57. The molecule has 0 radical (unpaired) electrons. The topological polar surface area (TPSA) is 104 Å². The SMILES string of the molecule is COc1ccc(-c2nc3c(C(=O)N4CCN([C@@H](CO)c5ccc(C(=O)N(C)C)s5)CC4)cnn3c(C(F)(F)F)c2C)cc1.